The van der Waals surface area contributed by atoms with Gasteiger partial charge in [0.2, 0.25) is 5.91 Å². The molecule has 0 N–H and O–H groups in total. The van der Waals surface area contributed by atoms with Crippen LogP contribution in [-0.4, -0.2) is 23.7 Å². The summed E-state index contributed by atoms with van der Waals surface area (Å²) in [6.07, 6.45) is 1.24. The summed E-state index contributed by atoms with van der Waals surface area (Å²) in [7, 11) is 1.71. The van der Waals surface area contributed by atoms with E-state index in [2.05, 4.69) is 57.4 Å². The van der Waals surface area contributed by atoms with Crippen molar-refractivity contribution < 1.29 is 4.79 Å². The Morgan fingerprint density at radius 2 is 1.43 bits per heavy atom. The van der Waals surface area contributed by atoms with Gasteiger partial charge in [-0.15, -0.1) is 0 Å². The van der Waals surface area contributed by atoms with Crippen LogP contribution >= 0.6 is 15.9 Å². The molecule has 0 fully saturated rings. The molecule has 21 heavy (non-hydrogen) atoms. The Morgan fingerprint density at radius 3 is 2.00 bits per heavy atom. The van der Waals surface area contributed by atoms with Crippen LogP contribution in [0.4, 0.5) is 0 Å². The van der Waals surface area contributed by atoms with Gasteiger partial charge in [-0.25, -0.2) is 5.01 Å². The third-order valence-corrected chi connectivity index (χ3v) is 4.13. The van der Waals surface area contributed by atoms with Crippen molar-refractivity contribution in [1.29, 1.82) is 0 Å². The lowest BCUT2D eigenvalue weighted by Gasteiger charge is -2.19. The number of hydrazone groups is 1. The largest absolute Gasteiger partial charge is 0.273 e. The number of amides is 1. The molecule has 0 saturated carbocycles. The third-order valence-electron chi connectivity index (χ3n) is 3.60. The zero-order chi connectivity index (χ0) is 14.8. The van der Waals surface area contributed by atoms with E-state index in [-0.39, 0.29) is 5.91 Å². The van der Waals surface area contributed by atoms with Crippen molar-refractivity contribution in [1.82, 2.24) is 5.01 Å². The topological polar surface area (TPSA) is 32.7 Å². The summed E-state index contributed by atoms with van der Waals surface area (Å²) in [6.45, 7) is 0. The quantitative estimate of drug-likeness (QED) is 0.809. The fourth-order valence-corrected chi connectivity index (χ4v) is 2.64. The minimum Gasteiger partial charge on any atom is -0.273 e. The summed E-state index contributed by atoms with van der Waals surface area (Å²) in [4.78, 5) is 11.5. The summed E-state index contributed by atoms with van der Waals surface area (Å²) >= 11 is 3.44. The van der Waals surface area contributed by atoms with Crippen LogP contribution in [0, 0.1) is 0 Å². The van der Waals surface area contributed by atoms with E-state index < -0.39 is 0 Å². The standard InChI is InChI=1S/C17H15BrN2O/c1-20-17(21)11-10-16(19-20)14-4-2-12(3-5-14)13-6-8-15(18)9-7-13/h2-9H,10-11H2,1H3. The van der Waals surface area contributed by atoms with Crippen molar-refractivity contribution in [3.63, 3.8) is 0 Å². The maximum atomic E-state index is 11.5. The van der Waals surface area contributed by atoms with Crippen LogP contribution in [0.1, 0.15) is 18.4 Å². The SMILES string of the molecule is CN1N=C(c2ccc(-c3ccc(Br)cc3)cc2)CCC1=O. The maximum absolute atomic E-state index is 11.5. The molecule has 0 unspecified atom stereocenters. The highest BCUT2D eigenvalue weighted by molar-refractivity contribution is 9.10. The van der Waals surface area contributed by atoms with Gasteiger partial charge in [-0.2, -0.15) is 5.10 Å². The molecule has 106 valence electrons. The van der Waals surface area contributed by atoms with E-state index in [0.717, 1.165) is 15.7 Å². The van der Waals surface area contributed by atoms with Crippen molar-refractivity contribution in [2.45, 2.75) is 12.8 Å². The average Bonchev–Trinajstić information content (AvgIpc) is 2.51. The van der Waals surface area contributed by atoms with Crippen LogP contribution in [0.25, 0.3) is 11.1 Å². The highest BCUT2D eigenvalue weighted by Gasteiger charge is 2.17. The van der Waals surface area contributed by atoms with Gasteiger partial charge in [0, 0.05) is 24.4 Å². The smallest absolute Gasteiger partial charge is 0.242 e. The lowest BCUT2D eigenvalue weighted by atomic mass is 10.00. The number of rotatable bonds is 2. The third kappa shape index (κ3) is 3.05. The second-order valence-electron chi connectivity index (χ2n) is 5.05. The van der Waals surface area contributed by atoms with E-state index in [1.165, 1.54) is 16.1 Å². The number of benzene rings is 2. The van der Waals surface area contributed by atoms with Crippen molar-refractivity contribution in [3.8, 4) is 11.1 Å². The van der Waals surface area contributed by atoms with E-state index in [9.17, 15) is 4.79 Å². The van der Waals surface area contributed by atoms with E-state index in [4.69, 9.17) is 0 Å². The first-order valence-electron chi connectivity index (χ1n) is 6.84. The Hall–Kier alpha value is -1.94. The molecule has 1 heterocycles. The second-order valence-corrected chi connectivity index (χ2v) is 5.96. The fourth-order valence-electron chi connectivity index (χ4n) is 2.37. The molecule has 4 heteroatoms. The number of carbonyl (C=O) groups is 1. The molecule has 0 spiro atoms. The Balaban J connectivity index is 1.86. The molecule has 3 nitrogen and oxygen atoms in total. The Kier molecular flexibility index (Phi) is 3.88. The summed E-state index contributed by atoms with van der Waals surface area (Å²) < 4.78 is 1.08. The molecule has 0 atom stereocenters. The first-order chi connectivity index (χ1) is 10.1. The van der Waals surface area contributed by atoms with Crippen molar-refractivity contribution in [2.24, 2.45) is 5.10 Å². The lowest BCUT2D eigenvalue weighted by molar-refractivity contribution is -0.130. The van der Waals surface area contributed by atoms with Gasteiger partial charge in [-0.3, -0.25) is 4.79 Å². The first-order valence-corrected chi connectivity index (χ1v) is 7.63. The summed E-state index contributed by atoms with van der Waals surface area (Å²) in [6, 6.07) is 16.6. The van der Waals surface area contributed by atoms with Crippen LogP contribution in [0.3, 0.4) is 0 Å². The number of hydrogen-bond donors (Lipinski definition) is 0. The Bertz CT molecular complexity index is 690. The molecular formula is C17H15BrN2O. The van der Waals surface area contributed by atoms with Crippen LogP contribution < -0.4 is 0 Å². The molecular weight excluding hydrogens is 328 g/mol. The lowest BCUT2D eigenvalue weighted by Crippen LogP contribution is -2.28. The van der Waals surface area contributed by atoms with Gasteiger partial charge >= 0.3 is 0 Å². The van der Waals surface area contributed by atoms with E-state index >= 15 is 0 Å². The van der Waals surface area contributed by atoms with Crippen molar-refractivity contribution >= 4 is 27.5 Å². The van der Waals surface area contributed by atoms with Crippen molar-refractivity contribution in [3.05, 3.63) is 58.6 Å². The number of hydrogen-bond acceptors (Lipinski definition) is 2. The van der Waals surface area contributed by atoms with E-state index in [0.29, 0.717) is 12.8 Å². The average molecular weight is 343 g/mol. The molecule has 0 saturated heterocycles. The highest BCUT2D eigenvalue weighted by atomic mass is 79.9. The summed E-state index contributed by atoms with van der Waals surface area (Å²) in [5.41, 5.74) is 4.41. The van der Waals surface area contributed by atoms with Crippen LogP contribution in [0.2, 0.25) is 0 Å². The zero-order valence-electron chi connectivity index (χ0n) is 11.7. The monoisotopic (exact) mass is 342 g/mol. The fraction of sp³-hybridized carbons (Fsp3) is 0.176. The van der Waals surface area contributed by atoms with Crippen LogP contribution in [-0.2, 0) is 4.79 Å². The Morgan fingerprint density at radius 1 is 0.905 bits per heavy atom. The predicted octanol–water partition coefficient (Wildman–Crippen LogP) is 4.07. The first kappa shape index (κ1) is 14.0. The van der Waals surface area contributed by atoms with Gasteiger partial charge in [0.25, 0.3) is 0 Å². The molecule has 2 aromatic carbocycles. The van der Waals surface area contributed by atoms with Gasteiger partial charge < -0.3 is 0 Å². The molecule has 1 aliphatic rings. The molecule has 2 aromatic rings. The molecule has 0 aromatic heterocycles. The second kappa shape index (κ2) is 5.82. The summed E-state index contributed by atoms with van der Waals surface area (Å²) in [5.74, 6) is 0.0743. The van der Waals surface area contributed by atoms with E-state index in [1.54, 1.807) is 7.05 Å². The minimum atomic E-state index is 0.0743. The number of carbonyl (C=O) groups excluding carboxylic acids is 1. The molecule has 1 amide bonds. The zero-order valence-corrected chi connectivity index (χ0v) is 13.3. The molecule has 3 rings (SSSR count). The molecule has 1 aliphatic heterocycles. The molecule has 0 aliphatic carbocycles. The molecule has 0 radical (unpaired) electrons. The molecule has 0 bridgehead atoms. The highest BCUT2D eigenvalue weighted by Crippen LogP contribution is 2.23. The van der Waals surface area contributed by atoms with Gasteiger partial charge in [-0.05, 0) is 28.8 Å². The van der Waals surface area contributed by atoms with Gasteiger partial charge in [0.15, 0.2) is 0 Å². The maximum Gasteiger partial charge on any atom is 0.242 e. The Labute approximate surface area is 132 Å². The van der Waals surface area contributed by atoms with Gasteiger partial charge in [0.05, 0.1) is 5.71 Å². The number of halogens is 1. The normalized spacial score (nSPS) is 15.0. The van der Waals surface area contributed by atoms with Crippen molar-refractivity contribution in [2.75, 3.05) is 7.05 Å². The summed E-state index contributed by atoms with van der Waals surface area (Å²) in [5, 5.41) is 5.77. The van der Waals surface area contributed by atoms with Crippen LogP contribution in [0.5, 0.6) is 0 Å². The van der Waals surface area contributed by atoms with Gasteiger partial charge in [-0.1, -0.05) is 52.3 Å². The minimum absolute atomic E-state index is 0.0743. The van der Waals surface area contributed by atoms with E-state index in [1.807, 2.05) is 12.1 Å². The van der Waals surface area contributed by atoms with Gasteiger partial charge in [0.1, 0.15) is 0 Å². The number of nitrogens with zero attached hydrogens (tertiary/aromatic N) is 2. The van der Waals surface area contributed by atoms with Crippen LogP contribution in [0.15, 0.2) is 58.1 Å². The predicted molar refractivity (Wildman–Crippen MR) is 88.1 cm³/mol.